The predicted molar refractivity (Wildman–Crippen MR) is 111 cm³/mol. The second kappa shape index (κ2) is 10.2. The lowest BCUT2D eigenvalue weighted by molar-refractivity contribution is -0.116. The number of para-hydroxylation sites is 1. The molecule has 1 N–H and O–H groups in total. The van der Waals surface area contributed by atoms with Gasteiger partial charge in [-0.3, -0.25) is 4.79 Å². The minimum atomic E-state index is -3.50. The fourth-order valence-electron chi connectivity index (χ4n) is 2.59. The fourth-order valence-corrected chi connectivity index (χ4v) is 3.80. The molecule has 0 unspecified atom stereocenters. The first-order valence-corrected chi connectivity index (χ1v) is 10.8. The van der Waals surface area contributed by atoms with Gasteiger partial charge in [-0.1, -0.05) is 31.5 Å². The van der Waals surface area contributed by atoms with Gasteiger partial charge < -0.3 is 10.1 Å². The maximum atomic E-state index is 12.5. The summed E-state index contributed by atoms with van der Waals surface area (Å²) in [6.45, 7) is 4.72. The van der Waals surface area contributed by atoms with Gasteiger partial charge in [-0.25, -0.2) is 12.7 Å². The van der Waals surface area contributed by atoms with Crippen molar-refractivity contribution in [1.82, 2.24) is 4.31 Å². The van der Waals surface area contributed by atoms with E-state index in [0.29, 0.717) is 12.2 Å². The van der Waals surface area contributed by atoms with Crippen LogP contribution in [0.25, 0.3) is 0 Å². The molecule has 6 nitrogen and oxygen atoms in total. The Labute approximate surface area is 167 Å². The number of nitrogens with zero attached hydrogens (tertiary/aromatic N) is 1. The normalized spacial score (nSPS) is 11.4. The van der Waals surface area contributed by atoms with Crippen LogP contribution >= 0.6 is 0 Å². The summed E-state index contributed by atoms with van der Waals surface area (Å²) in [4.78, 5) is 12.3. The van der Waals surface area contributed by atoms with Crippen molar-refractivity contribution in [3.63, 3.8) is 0 Å². The van der Waals surface area contributed by atoms with E-state index in [-0.39, 0.29) is 23.8 Å². The summed E-state index contributed by atoms with van der Waals surface area (Å²) < 4.78 is 32.0. The summed E-state index contributed by atoms with van der Waals surface area (Å²) in [6, 6.07) is 13.8. The minimum Gasteiger partial charge on any atom is -0.493 e. The summed E-state index contributed by atoms with van der Waals surface area (Å²) in [6.07, 6.45) is 1.95. The molecular weight excluding hydrogens is 376 g/mol. The van der Waals surface area contributed by atoms with Gasteiger partial charge in [0.15, 0.2) is 0 Å². The molecule has 0 aliphatic carbocycles. The lowest BCUT2D eigenvalue weighted by Crippen LogP contribution is -2.27. The first-order chi connectivity index (χ1) is 13.3. The molecule has 0 spiro atoms. The second-order valence-corrected chi connectivity index (χ2v) is 8.66. The molecule has 2 aromatic rings. The Bertz CT molecular complexity index is 880. The molecule has 28 heavy (non-hydrogen) atoms. The van der Waals surface area contributed by atoms with E-state index >= 15 is 0 Å². The first kappa shape index (κ1) is 21.9. The number of aryl methyl sites for hydroxylation is 1. The fraction of sp³-hybridized carbons (Fsp3) is 0.381. The molecule has 2 aromatic carbocycles. The van der Waals surface area contributed by atoms with Gasteiger partial charge in [-0.05, 0) is 49.2 Å². The minimum absolute atomic E-state index is 0.191. The number of hydrogen-bond donors (Lipinski definition) is 1. The van der Waals surface area contributed by atoms with Gasteiger partial charge in [0.05, 0.1) is 17.9 Å². The number of benzene rings is 2. The molecule has 7 heteroatoms. The molecule has 2 rings (SSSR count). The molecule has 0 aliphatic heterocycles. The van der Waals surface area contributed by atoms with Crippen LogP contribution in [0.2, 0.25) is 0 Å². The van der Waals surface area contributed by atoms with Crippen LogP contribution in [0.4, 0.5) is 5.69 Å². The van der Waals surface area contributed by atoms with Crippen LogP contribution in [-0.2, 0) is 14.8 Å². The molecule has 1 amide bonds. The maximum Gasteiger partial charge on any atom is 0.242 e. The van der Waals surface area contributed by atoms with Crippen molar-refractivity contribution in [1.29, 1.82) is 0 Å². The monoisotopic (exact) mass is 404 g/mol. The number of nitrogens with one attached hydrogen (secondary N) is 1. The predicted octanol–water partition coefficient (Wildman–Crippen LogP) is 3.82. The van der Waals surface area contributed by atoms with Crippen LogP contribution < -0.4 is 10.1 Å². The van der Waals surface area contributed by atoms with Crippen molar-refractivity contribution in [2.24, 2.45) is 0 Å². The first-order valence-electron chi connectivity index (χ1n) is 9.39. The lowest BCUT2D eigenvalue weighted by atomic mass is 10.2. The van der Waals surface area contributed by atoms with Crippen LogP contribution in [0.15, 0.2) is 53.4 Å². The van der Waals surface area contributed by atoms with Crippen molar-refractivity contribution >= 4 is 21.6 Å². The summed E-state index contributed by atoms with van der Waals surface area (Å²) in [5.41, 5.74) is 1.57. The highest BCUT2D eigenvalue weighted by Gasteiger charge is 2.20. The number of ether oxygens (including phenoxy) is 1. The summed E-state index contributed by atoms with van der Waals surface area (Å²) in [5, 5.41) is 2.76. The highest BCUT2D eigenvalue weighted by molar-refractivity contribution is 7.89. The average molecular weight is 405 g/mol. The van der Waals surface area contributed by atoms with E-state index < -0.39 is 10.0 Å². The molecule has 0 saturated carbocycles. The van der Waals surface area contributed by atoms with E-state index in [2.05, 4.69) is 5.32 Å². The standard InChI is InChI=1S/C21H28N2O4S/c1-4-5-15-23(3)28(25,26)19-12-10-18(11-13-19)22-21(24)14-16-27-20-9-7-6-8-17(20)2/h6-13H,4-5,14-16H2,1-3H3,(H,22,24). The smallest absolute Gasteiger partial charge is 0.242 e. The highest BCUT2D eigenvalue weighted by atomic mass is 32.2. The molecule has 0 bridgehead atoms. The number of carbonyl (C=O) groups excluding carboxylic acids is 1. The SMILES string of the molecule is CCCCN(C)S(=O)(=O)c1ccc(NC(=O)CCOc2ccccc2C)cc1. The van der Waals surface area contributed by atoms with Gasteiger partial charge in [-0.2, -0.15) is 0 Å². The van der Waals surface area contributed by atoms with Crippen LogP contribution in [0, 0.1) is 6.92 Å². The summed E-state index contributed by atoms with van der Waals surface area (Å²) in [5.74, 6) is 0.571. The van der Waals surface area contributed by atoms with E-state index in [0.717, 1.165) is 24.2 Å². The number of sulfonamides is 1. The van der Waals surface area contributed by atoms with Crippen LogP contribution in [0.5, 0.6) is 5.75 Å². The third kappa shape index (κ3) is 6.07. The Morgan fingerprint density at radius 3 is 2.43 bits per heavy atom. The van der Waals surface area contributed by atoms with Crippen LogP contribution in [0.1, 0.15) is 31.7 Å². The molecule has 0 aliphatic rings. The van der Waals surface area contributed by atoms with Crippen LogP contribution in [0.3, 0.4) is 0 Å². The van der Waals surface area contributed by atoms with Gasteiger partial charge in [0, 0.05) is 19.3 Å². The topological polar surface area (TPSA) is 75.7 Å². The van der Waals surface area contributed by atoms with Crippen molar-refractivity contribution in [2.75, 3.05) is 25.5 Å². The molecule has 0 atom stereocenters. The molecule has 152 valence electrons. The zero-order valence-corrected chi connectivity index (χ0v) is 17.5. The Balaban J connectivity index is 1.87. The summed E-state index contributed by atoms with van der Waals surface area (Å²) >= 11 is 0. The molecule has 0 saturated heterocycles. The molecular formula is C21H28N2O4S. The number of rotatable bonds is 10. The molecule has 0 radical (unpaired) electrons. The maximum absolute atomic E-state index is 12.5. The number of amides is 1. The number of anilines is 1. The third-order valence-electron chi connectivity index (χ3n) is 4.35. The van der Waals surface area contributed by atoms with Gasteiger partial charge in [0.2, 0.25) is 15.9 Å². The third-order valence-corrected chi connectivity index (χ3v) is 6.22. The number of unbranched alkanes of at least 4 members (excludes halogenated alkanes) is 1. The number of carbonyl (C=O) groups is 1. The quantitative estimate of drug-likeness (QED) is 0.653. The summed E-state index contributed by atoms with van der Waals surface area (Å²) in [7, 11) is -1.93. The van der Waals surface area contributed by atoms with Crippen molar-refractivity contribution in [3.05, 3.63) is 54.1 Å². The van der Waals surface area contributed by atoms with Gasteiger partial charge in [-0.15, -0.1) is 0 Å². The van der Waals surface area contributed by atoms with E-state index in [1.165, 1.54) is 16.4 Å². The molecule has 0 fully saturated rings. The zero-order valence-electron chi connectivity index (χ0n) is 16.6. The second-order valence-electron chi connectivity index (χ2n) is 6.62. The van der Waals surface area contributed by atoms with Crippen molar-refractivity contribution in [2.45, 2.75) is 38.0 Å². The number of hydrogen-bond acceptors (Lipinski definition) is 4. The largest absolute Gasteiger partial charge is 0.493 e. The van der Waals surface area contributed by atoms with Gasteiger partial charge >= 0.3 is 0 Å². The Kier molecular flexibility index (Phi) is 8.02. The van der Waals surface area contributed by atoms with Crippen molar-refractivity contribution in [3.8, 4) is 5.75 Å². The Morgan fingerprint density at radius 1 is 1.11 bits per heavy atom. The van der Waals surface area contributed by atoms with E-state index in [1.807, 2.05) is 38.1 Å². The van der Waals surface area contributed by atoms with E-state index in [4.69, 9.17) is 4.74 Å². The van der Waals surface area contributed by atoms with Gasteiger partial charge in [0.25, 0.3) is 0 Å². The Hall–Kier alpha value is -2.38. The van der Waals surface area contributed by atoms with Crippen LogP contribution in [-0.4, -0.2) is 38.8 Å². The van der Waals surface area contributed by atoms with Crippen molar-refractivity contribution < 1.29 is 17.9 Å². The molecule has 0 aromatic heterocycles. The zero-order chi connectivity index (χ0) is 20.6. The Morgan fingerprint density at radius 2 is 1.79 bits per heavy atom. The van der Waals surface area contributed by atoms with E-state index in [1.54, 1.807) is 19.2 Å². The molecule has 0 heterocycles. The van der Waals surface area contributed by atoms with Gasteiger partial charge in [0.1, 0.15) is 5.75 Å². The highest BCUT2D eigenvalue weighted by Crippen LogP contribution is 2.19. The van der Waals surface area contributed by atoms with E-state index in [9.17, 15) is 13.2 Å². The average Bonchev–Trinajstić information content (AvgIpc) is 2.68. The lowest BCUT2D eigenvalue weighted by Gasteiger charge is -2.17.